The summed E-state index contributed by atoms with van der Waals surface area (Å²) in [7, 11) is 0. The maximum Gasteiger partial charge on any atom is 0.490 e. The van der Waals surface area contributed by atoms with Gasteiger partial charge in [-0.2, -0.15) is 13.2 Å². The van der Waals surface area contributed by atoms with Crippen molar-refractivity contribution in [1.82, 2.24) is 15.2 Å². The van der Waals surface area contributed by atoms with Crippen LogP contribution in [0.3, 0.4) is 0 Å². The Balaban J connectivity index is 0.000000429. The van der Waals surface area contributed by atoms with E-state index < -0.39 is 18.2 Å². The number of aryl methyl sites for hydroxylation is 1. The SMILES string of the molecule is Cc1ccccc1C(=O)N1CC[C@H]2C[C@H](C(=O)NCc3cccnc3)O[C@@H]2C1.O=C(O)C(F)(F)F. The molecule has 35 heavy (non-hydrogen) atoms. The van der Waals surface area contributed by atoms with E-state index in [2.05, 4.69) is 10.3 Å². The second kappa shape index (κ2) is 11.3. The van der Waals surface area contributed by atoms with Crippen LogP contribution in [0.1, 0.15) is 34.3 Å². The number of amides is 2. The van der Waals surface area contributed by atoms with Crippen LogP contribution < -0.4 is 5.32 Å². The van der Waals surface area contributed by atoms with Gasteiger partial charge in [-0.15, -0.1) is 0 Å². The number of benzene rings is 1. The van der Waals surface area contributed by atoms with Crippen molar-refractivity contribution < 1.29 is 37.4 Å². The summed E-state index contributed by atoms with van der Waals surface area (Å²) in [6.07, 6.45) is -0.564. The standard InChI is InChI=1S/C22H25N3O3.C2HF3O2/c1-15-5-2-3-7-18(15)22(27)25-10-8-17-11-19(28-20(17)14-25)21(26)24-13-16-6-4-9-23-12-16;3-2(4,5)1(6)7/h2-7,9,12,17,19-20H,8,10-11,13-14H2,1H3,(H,24,26);(H,6,7)/t17-,19+,20+;/m0./s1. The number of halogens is 3. The normalized spacial score (nSPS) is 21.4. The van der Waals surface area contributed by atoms with E-state index in [1.165, 1.54) is 0 Å². The van der Waals surface area contributed by atoms with Crippen LogP contribution in [-0.4, -0.2) is 64.2 Å². The van der Waals surface area contributed by atoms with Crippen LogP contribution in [0, 0.1) is 12.8 Å². The van der Waals surface area contributed by atoms with Crippen molar-refractivity contribution >= 4 is 17.8 Å². The van der Waals surface area contributed by atoms with E-state index in [1.54, 1.807) is 12.4 Å². The third-order valence-electron chi connectivity index (χ3n) is 5.94. The van der Waals surface area contributed by atoms with Crippen molar-refractivity contribution in [2.24, 2.45) is 5.92 Å². The van der Waals surface area contributed by atoms with Gasteiger partial charge in [-0.25, -0.2) is 4.79 Å². The number of fused-ring (bicyclic) bond motifs is 1. The Labute approximate surface area is 200 Å². The van der Waals surface area contributed by atoms with Gasteiger partial charge >= 0.3 is 12.1 Å². The number of nitrogens with one attached hydrogen (secondary N) is 1. The molecule has 0 unspecified atom stereocenters. The van der Waals surface area contributed by atoms with Gasteiger partial charge < -0.3 is 20.1 Å². The molecule has 0 radical (unpaired) electrons. The molecule has 3 atom stereocenters. The highest BCUT2D eigenvalue weighted by Crippen LogP contribution is 2.34. The molecule has 2 aliphatic heterocycles. The van der Waals surface area contributed by atoms with E-state index in [0.29, 0.717) is 25.6 Å². The number of hydrogen-bond acceptors (Lipinski definition) is 5. The Morgan fingerprint density at radius 1 is 1.20 bits per heavy atom. The van der Waals surface area contributed by atoms with E-state index in [-0.39, 0.29) is 17.9 Å². The zero-order valence-electron chi connectivity index (χ0n) is 19.0. The van der Waals surface area contributed by atoms with Gasteiger partial charge in [-0.1, -0.05) is 24.3 Å². The van der Waals surface area contributed by atoms with Crippen molar-refractivity contribution in [2.75, 3.05) is 13.1 Å². The monoisotopic (exact) mass is 493 g/mol. The number of likely N-dealkylation sites (tertiary alicyclic amines) is 1. The lowest BCUT2D eigenvalue weighted by Gasteiger charge is -2.34. The number of aromatic nitrogens is 1. The number of carboxylic acids is 1. The Morgan fingerprint density at radius 3 is 2.54 bits per heavy atom. The van der Waals surface area contributed by atoms with Gasteiger partial charge in [0.2, 0.25) is 5.91 Å². The third kappa shape index (κ3) is 7.01. The van der Waals surface area contributed by atoms with Crippen molar-refractivity contribution in [3.05, 3.63) is 65.5 Å². The van der Waals surface area contributed by atoms with Crippen LogP contribution in [0.25, 0.3) is 0 Å². The van der Waals surface area contributed by atoms with E-state index in [0.717, 1.165) is 29.5 Å². The maximum absolute atomic E-state index is 12.9. The number of pyridine rings is 1. The zero-order chi connectivity index (χ0) is 25.6. The fourth-order valence-electron chi connectivity index (χ4n) is 4.07. The first-order valence-electron chi connectivity index (χ1n) is 11.0. The topological polar surface area (TPSA) is 109 Å². The molecule has 4 rings (SSSR count). The number of carboxylic acid groups (broad SMARTS) is 1. The molecule has 2 aliphatic rings. The molecule has 0 aliphatic carbocycles. The van der Waals surface area contributed by atoms with E-state index >= 15 is 0 Å². The molecule has 2 saturated heterocycles. The van der Waals surface area contributed by atoms with Crippen molar-refractivity contribution in [3.63, 3.8) is 0 Å². The number of carbonyl (C=O) groups is 3. The largest absolute Gasteiger partial charge is 0.490 e. The van der Waals surface area contributed by atoms with Gasteiger partial charge in [0.05, 0.1) is 6.10 Å². The number of aliphatic carboxylic acids is 1. The lowest BCUT2D eigenvalue weighted by molar-refractivity contribution is -0.192. The number of carbonyl (C=O) groups excluding carboxylic acids is 2. The minimum atomic E-state index is -5.08. The molecular formula is C24H26F3N3O5. The highest BCUT2D eigenvalue weighted by Gasteiger charge is 2.43. The molecular weight excluding hydrogens is 467 g/mol. The number of ether oxygens (including phenoxy) is 1. The van der Waals surface area contributed by atoms with Gasteiger partial charge in [0, 0.05) is 37.6 Å². The Kier molecular flexibility index (Phi) is 8.44. The van der Waals surface area contributed by atoms with Crippen LogP contribution in [-0.2, 0) is 20.9 Å². The molecule has 0 spiro atoms. The Hall–Kier alpha value is -3.47. The fourth-order valence-corrected chi connectivity index (χ4v) is 4.07. The van der Waals surface area contributed by atoms with Gasteiger partial charge in [-0.05, 0) is 48.9 Å². The highest BCUT2D eigenvalue weighted by atomic mass is 19.4. The van der Waals surface area contributed by atoms with Crippen LogP contribution in [0.5, 0.6) is 0 Å². The van der Waals surface area contributed by atoms with Crippen molar-refractivity contribution in [3.8, 4) is 0 Å². The second-order valence-electron chi connectivity index (χ2n) is 8.40. The van der Waals surface area contributed by atoms with Crippen LogP contribution >= 0.6 is 0 Å². The first-order chi connectivity index (χ1) is 16.6. The summed E-state index contributed by atoms with van der Waals surface area (Å²) in [6, 6.07) is 11.4. The molecule has 1 aromatic heterocycles. The van der Waals surface area contributed by atoms with Crippen molar-refractivity contribution in [1.29, 1.82) is 0 Å². The molecule has 2 N–H and O–H groups in total. The number of piperidine rings is 1. The number of rotatable bonds is 4. The summed E-state index contributed by atoms with van der Waals surface area (Å²) < 4.78 is 37.8. The molecule has 188 valence electrons. The summed E-state index contributed by atoms with van der Waals surface area (Å²) in [4.78, 5) is 40.2. The predicted octanol–water partition coefficient (Wildman–Crippen LogP) is 2.96. The number of nitrogens with zero attached hydrogens (tertiary/aromatic N) is 2. The minimum Gasteiger partial charge on any atom is -0.475 e. The van der Waals surface area contributed by atoms with E-state index in [1.807, 2.05) is 48.2 Å². The molecule has 0 saturated carbocycles. The molecule has 8 nitrogen and oxygen atoms in total. The van der Waals surface area contributed by atoms with Crippen molar-refractivity contribution in [2.45, 2.75) is 44.7 Å². The first kappa shape index (κ1) is 26.1. The summed E-state index contributed by atoms with van der Waals surface area (Å²) in [6.45, 7) is 3.65. The smallest absolute Gasteiger partial charge is 0.475 e. The summed E-state index contributed by atoms with van der Waals surface area (Å²) >= 11 is 0. The molecule has 2 fully saturated rings. The Bertz CT molecular complexity index is 1050. The van der Waals surface area contributed by atoms with Crippen LogP contribution in [0.2, 0.25) is 0 Å². The van der Waals surface area contributed by atoms with Crippen LogP contribution in [0.15, 0.2) is 48.8 Å². The van der Waals surface area contributed by atoms with Gasteiger partial charge in [0.1, 0.15) is 6.10 Å². The second-order valence-corrected chi connectivity index (χ2v) is 8.40. The van der Waals surface area contributed by atoms with E-state index in [9.17, 15) is 22.8 Å². The summed E-state index contributed by atoms with van der Waals surface area (Å²) in [5.41, 5.74) is 2.68. The molecule has 2 aromatic rings. The first-order valence-corrected chi connectivity index (χ1v) is 11.0. The molecule has 11 heteroatoms. The maximum atomic E-state index is 12.9. The lowest BCUT2D eigenvalue weighted by atomic mass is 9.91. The molecule has 3 heterocycles. The molecule has 0 bridgehead atoms. The lowest BCUT2D eigenvalue weighted by Crippen LogP contribution is -2.45. The van der Waals surface area contributed by atoms with Gasteiger partial charge in [0.15, 0.2) is 0 Å². The Morgan fingerprint density at radius 2 is 1.91 bits per heavy atom. The number of hydrogen-bond donors (Lipinski definition) is 2. The van der Waals surface area contributed by atoms with Gasteiger partial charge in [-0.3, -0.25) is 14.6 Å². The average molecular weight is 493 g/mol. The molecule has 1 aromatic carbocycles. The predicted molar refractivity (Wildman–Crippen MR) is 118 cm³/mol. The summed E-state index contributed by atoms with van der Waals surface area (Å²) in [5, 5.41) is 10.1. The quantitative estimate of drug-likeness (QED) is 0.678. The highest BCUT2D eigenvalue weighted by molar-refractivity contribution is 5.95. The van der Waals surface area contributed by atoms with Gasteiger partial charge in [0.25, 0.3) is 5.91 Å². The average Bonchev–Trinajstić information content (AvgIpc) is 3.26. The zero-order valence-corrected chi connectivity index (χ0v) is 19.0. The minimum absolute atomic E-state index is 0.0460. The van der Waals surface area contributed by atoms with Crippen LogP contribution in [0.4, 0.5) is 13.2 Å². The summed E-state index contributed by atoms with van der Waals surface area (Å²) in [5.74, 6) is -2.47. The number of alkyl halides is 3. The molecule has 2 amide bonds. The fraction of sp³-hybridized carbons (Fsp3) is 0.417. The van der Waals surface area contributed by atoms with E-state index in [4.69, 9.17) is 14.6 Å². The third-order valence-corrected chi connectivity index (χ3v) is 5.94.